The van der Waals surface area contributed by atoms with E-state index in [0.29, 0.717) is 10.7 Å². The fraction of sp³-hybridized carbons (Fsp3) is 0.562. The standard InChI is InChI=1S/C16H25ClN4O2/c1-3-20-6-8-21(9-7-20)15-5-4-13(17)10-14(15)19-16(23)18-12(2)11-22/h4-5,10,12,22H,3,6-9,11H2,1-2H3,(H2,18,19,23)/t12-/m0/s1. The first-order valence-electron chi connectivity index (χ1n) is 7.98. The Hall–Kier alpha value is -1.50. The van der Waals surface area contributed by atoms with Gasteiger partial charge in [0.1, 0.15) is 0 Å². The van der Waals surface area contributed by atoms with E-state index in [0.717, 1.165) is 38.4 Å². The maximum absolute atomic E-state index is 12.0. The summed E-state index contributed by atoms with van der Waals surface area (Å²) in [7, 11) is 0. The number of nitrogens with one attached hydrogen (secondary N) is 2. The van der Waals surface area contributed by atoms with Crippen molar-refractivity contribution in [2.45, 2.75) is 19.9 Å². The second-order valence-corrected chi connectivity index (χ2v) is 6.20. The van der Waals surface area contributed by atoms with Gasteiger partial charge < -0.3 is 25.5 Å². The molecule has 1 fully saturated rings. The van der Waals surface area contributed by atoms with Crippen molar-refractivity contribution >= 4 is 29.0 Å². The van der Waals surface area contributed by atoms with Crippen LogP contribution in [0.1, 0.15) is 13.8 Å². The highest BCUT2D eigenvalue weighted by Crippen LogP contribution is 2.30. The van der Waals surface area contributed by atoms with E-state index in [1.54, 1.807) is 13.0 Å². The van der Waals surface area contributed by atoms with Gasteiger partial charge in [-0.3, -0.25) is 0 Å². The van der Waals surface area contributed by atoms with Crippen LogP contribution < -0.4 is 15.5 Å². The molecule has 0 bridgehead atoms. The molecular formula is C16H25ClN4O2. The minimum absolute atomic E-state index is 0.102. The highest BCUT2D eigenvalue weighted by Gasteiger charge is 2.19. The summed E-state index contributed by atoms with van der Waals surface area (Å²) in [6.45, 7) is 8.70. The first-order valence-corrected chi connectivity index (χ1v) is 8.36. The zero-order valence-corrected chi connectivity index (χ0v) is 14.4. The molecule has 1 aliphatic heterocycles. The number of nitrogens with zero attached hydrogens (tertiary/aromatic N) is 2. The van der Waals surface area contributed by atoms with Crippen LogP contribution >= 0.6 is 11.6 Å². The molecular weight excluding hydrogens is 316 g/mol. The number of carbonyl (C=O) groups excluding carboxylic acids is 1. The molecule has 0 aliphatic carbocycles. The number of benzene rings is 1. The second-order valence-electron chi connectivity index (χ2n) is 5.76. The van der Waals surface area contributed by atoms with Gasteiger partial charge in [0, 0.05) is 31.2 Å². The van der Waals surface area contributed by atoms with Gasteiger partial charge in [-0.2, -0.15) is 0 Å². The lowest BCUT2D eigenvalue weighted by Gasteiger charge is -2.36. The van der Waals surface area contributed by atoms with Gasteiger partial charge in [0.05, 0.1) is 24.0 Å². The lowest BCUT2D eigenvalue weighted by Crippen LogP contribution is -2.46. The third-order valence-corrected chi connectivity index (χ3v) is 4.25. The quantitative estimate of drug-likeness (QED) is 0.766. The third kappa shape index (κ3) is 4.99. The average Bonchev–Trinajstić information content (AvgIpc) is 2.55. The van der Waals surface area contributed by atoms with Crippen molar-refractivity contribution < 1.29 is 9.90 Å². The van der Waals surface area contributed by atoms with Crippen molar-refractivity contribution in [3.8, 4) is 0 Å². The van der Waals surface area contributed by atoms with Crippen molar-refractivity contribution in [1.82, 2.24) is 10.2 Å². The third-order valence-electron chi connectivity index (χ3n) is 4.02. The van der Waals surface area contributed by atoms with E-state index in [4.69, 9.17) is 16.7 Å². The van der Waals surface area contributed by atoms with Gasteiger partial charge in [-0.25, -0.2) is 4.79 Å². The Morgan fingerprint density at radius 3 is 2.65 bits per heavy atom. The molecule has 1 aliphatic rings. The summed E-state index contributed by atoms with van der Waals surface area (Å²) in [5.41, 5.74) is 1.65. The Morgan fingerprint density at radius 1 is 1.35 bits per heavy atom. The average molecular weight is 341 g/mol. The smallest absolute Gasteiger partial charge is 0.319 e. The zero-order valence-electron chi connectivity index (χ0n) is 13.7. The molecule has 0 saturated carbocycles. The molecule has 2 amide bonds. The number of hydrogen-bond acceptors (Lipinski definition) is 4. The number of amides is 2. The number of piperazine rings is 1. The number of carbonyl (C=O) groups is 1. The zero-order chi connectivity index (χ0) is 16.8. The molecule has 3 N–H and O–H groups in total. The van der Waals surface area contributed by atoms with E-state index in [2.05, 4.69) is 27.4 Å². The Labute approximate surface area is 142 Å². The number of rotatable bonds is 5. The van der Waals surface area contributed by atoms with E-state index in [1.165, 1.54) is 0 Å². The van der Waals surface area contributed by atoms with Crippen LogP contribution in [0.25, 0.3) is 0 Å². The molecule has 0 radical (unpaired) electrons. The van der Waals surface area contributed by atoms with Gasteiger partial charge in [-0.1, -0.05) is 18.5 Å². The Kier molecular flexibility index (Phi) is 6.50. The van der Waals surface area contributed by atoms with E-state index in [-0.39, 0.29) is 18.7 Å². The van der Waals surface area contributed by atoms with Crippen LogP contribution in [0, 0.1) is 0 Å². The molecule has 1 heterocycles. The molecule has 1 saturated heterocycles. The van der Waals surface area contributed by atoms with Crippen LogP contribution in [-0.2, 0) is 0 Å². The number of anilines is 2. The SMILES string of the molecule is CCN1CCN(c2ccc(Cl)cc2NC(=O)N[C@@H](C)CO)CC1. The Balaban J connectivity index is 2.10. The fourth-order valence-electron chi connectivity index (χ4n) is 2.62. The number of halogens is 1. The monoisotopic (exact) mass is 340 g/mol. The molecule has 128 valence electrons. The molecule has 1 aromatic rings. The summed E-state index contributed by atoms with van der Waals surface area (Å²) in [5.74, 6) is 0. The van der Waals surface area contributed by atoms with Crippen molar-refractivity contribution in [3.05, 3.63) is 23.2 Å². The van der Waals surface area contributed by atoms with E-state index in [9.17, 15) is 4.79 Å². The molecule has 0 aromatic heterocycles. The molecule has 0 unspecified atom stereocenters. The topological polar surface area (TPSA) is 67.8 Å². The van der Waals surface area contributed by atoms with Gasteiger partial charge in [0.25, 0.3) is 0 Å². The summed E-state index contributed by atoms with van der Waals surface area (Å²) in [4.78, 5) is 16.7. The van der Waals surface area contributed by atoms with Gasteiger partial charge in [-0.15, -0.1) is 0 Å². The molecule has 1 aromatic carbocycles. The van der Waals surface area contributed by atoms with Crippen molar-refractivity contribution in [2.24, 2.45) is 0 Å². The van der Waals surface area contributed by atoms with E-state index >= 15 is 0 Å². The highest BCUT2D eigenvalue weighted by molar-refractivity contribution is 6.31. The number of hydrogen-bond donors (Lipinski definition) is 3. The van der Waals surface area contributed by atoms with Gasteiger partial charge >= 0.3 is 6.03 Å². The van der Waals surface area contributed by atoms with Crippen LogP contribution in [0.2, 0.25) is 5.02 Å². The van der Waals surface area contributed by atoms with Crippen LogP contribution in [0.15, 0.2) is 18.2 Å². The van der Waals surface area contributed by atoms with Crippen LogP contribution in [-0.4, -0.2) is 61.4 Å². The second kappa shape index (κ2) is 8.38. The predicted molar refractivity (Wildman–Crippen MR) is 94.5 cm³/mol. The largest absolute Gasteiger partial charge is 0.394 e. The van der Waals surface area contributed by atoms with Crippen LogP contribution in [0.3, 0.4) is 0 Å². The Morgan fingerprint density at radius 2 is 2.04 bits per heavy atom. The maximum atomic E-state index is 12.0. The molecule has 2 rings (SSSR count). The van der Waals surface area contributed by atoms with Crippen molar-refractivity contribution in [1.29, 1.82) is 0 Å². The summed E-state index contributed by atoms with van der Waals surface area (Å²) >= 11 is 6.08. The lowest BCUT2D eigenvalue weighted by atomic mass is 10.2. The summed E-state index contributed by atoms with van der Waals surface area (Å²) < 4.78 is 0. The summed E-state index contributed by atoms with van der Waals surface area (Å²) in [6, 6.07) is 4.89. The van der Waals surface area contributed by atoms with E-state index < -0.39 is 0 Å². The Bertz CT molecular complexity index is 533. The highest BCUT2D eigenvalue weighted by atomic mass is 35.5. The molecule has 23 heavy (non-hydrogen) atoms. The minimum atomic E-state index is -0.345. The summed E-state index contributed by atoms with van der Waals surface area (Å²) in [6.07, 6.45) is 0. The summed E-state index contributed by atoms with van der Waals surface area (Å²) in [5, 5.41) is 15.1. The fourth-order valence-corrected chi connectivity index (χ4v) is 2.79. The van der Waals surface area contributed by atoms with Crippen LogP contribution in [0.5, 0.6) is 0 Å². The maximum Gasteiger partial charge on any atom is 0.319 e. The predicted octanol–water partition coefficient (Wildman–Crippen LogP) is 1.98. The van der Waals surface area contributed by atoms with Crippen molar-refractivity contribution in [2.75, 3.05) is 49.5 Å². The van der Waals surface area contributed by atoms with Gasteiger partial charge in [0.2, 0.25) is 0 Å². The first-order chi connectivity index (χ1) is 11.0. The van der Waals surface area contributed by atoms with Gasteiger partial charge in [-0.05, 0) is 31.7 Å². The van der Waals surface area contributed by atoms with Crippen LogP contribution in [0.4, 0.5) is 16.2 Å². The van der Waals surface area contributed by atoms with E-state index in [1.807, 2.05) is 12.1 Å². The first kappa shape index (κ1) is 17.8. The minimum Gasteiger partial charge on any atom is -0.394 e. The number of likely N-dealkylation sites (N-methyl/N-ethyl adjacent to an activating group) is 1. The number of urea groups is 1. The van der Waals surface area contributed by atoms with Crippen molar-refractivity contribution in [3.63, 3.8) is 0 Å². The normalized spacial score (nSPS) is 17.0. The molecule has 1 atom stereocenters. The van der Waals surface area contributed by atoms with Gasteiger partial charge in [0.15, 0.2) is 0 Å². The molecule has 7 heteroatoms. The number of aliphatic hydroxyl groups is 1. The number of aliphatic hydroxyl groups excluding tert-OH is 1. The molecule has 0 spiro atoms. The lowest BCUT2D eigenvalue weighted by molar-refractivity contribution is 0.229. The molecule has 6 nitrogen and oxygen atoms in total.